The maximum Gasteiger partial charge on any atom is 0.205 e. The molecule has 3 aromatic rings. The van der Waals surface area contributed by atoms with E-state index in [2.05, 4.69) is 15.5 Å². The Bertz CT molecular complexity index is 898. The number of benzene rings is 2. The predicted octanol–water partition coefficient (Wildman–Crippen LogP) is 5.06. The van der Waals surface area contributed by atoms with Crippen molar-refractivity contribution in [3.63, 3.8) is 0 Å². The largest absolute Gasteiger partial charge is 0.488 e. The third-order valence-electron chi connectivity index (χ3n) is 3.20. The van der Waals surface area contributed by atoms with Crippen LogP contribution >= 0.6 is 34.5 Å². The van der Waals surface area contributed by atoms with E-state index in [1.165, 1.54) is 11.3 Å². The number of rotatable bonds is 6. The van der Waals surface area contributed by atoms with E-state index in [1.54, 1.807) is 23.7 Å². The first-order valence-electron chi connectivity index (χ1n) is 7.27. The van der Waals surface area contributed by atoms with Gasteiger partial charge in [-0.25, -0.2) is 4.98 Å². The van der Waals surface area contributed by atoms with Crippen molar-refractivity contribution in [1.29, 1.82) is 0 Å². The highest BCUT2D eigenvalue weighted by atomic mass is 35.5. The van der Waals surface area contributed by atoms with Gasteiger partial charge >= 0.3 is 0 Å². The van der Waals surface area contributed by atoms with Crippen LogP contribution in [0.25, 0.3) is 0 Å². The Kier molecular flexibility index (Phi) is 5.75. The van der Waals surface area contributed by atoms with Crippen molar-refractivity contribution in [1.82, 2.24) is 4.98 Å². The molecule has 3 N–H and O–H groups in total. The second-order valence-corrected chi connectivity index (χ2v) is 6.71. The fourth-order valence-electron chi connectivity index (χ4n) is 2.01. The van der Waals surface area contributed by atoms with Crippen molar-refractivity contribution >= 4 is 51.7 Å². The molecule has 0 bridgehead atoms. The van der Waals surface area contributed by atoms with Crippen LogP contribution in [0.15, 0.2) is 52.9 Å². The Morgan fingerprint density at radius 2 is 2.08 bits per heavy atom. The van der Waals surface area contributed by atoms with E-state index in [4.69, 9.17) is 33.7 Å². The highest BCUT2D eigenvalue weighted by Crippen LogP contribution is 2.24. The van der Waals surface area contributed by atoms with Crippen LogP contribution in [0.1, 0.15) is 11.1 Å². The van der Waals surface area contributed by atoms with Gasteiger partial charge in [0.2, 0.25) is 5.13 Å². The van der Waals surface area contributed by atoms with Crippen molar-refractivity contribution in [2.45, 2.75) is 6.61 Å². The number of thiazole rings is 1. The molecule has 0 atom stereocenters. The van der Waals surface area contributed by atoms with E-state index in [9.17, 15) is 0 Å². The summed E-state index contributed by atoms with van der Waals surface area (Å²) in [4.78, 5) is 4.07. The lowest BCUT2D eigenvalue weighted by Gasteiger charge is -2.10. The fourth-order valence-corrected chi connectivity index (χ4v) is 3.02. The lowest BCUT2D eigenvalue weighted by molar-refractivity contribution is 0.306. The minimum absolute atomic E-state index is 0.331. The van der Waals surface area contributed by atoms with Crippen LogP contribution in [-0.2, 0) is 6.61 Å². The molecule has 0 saturated heterocycles. The molecule has 0 aliphatic heterocycles. The number of para-hydroxylation sites is 1. The Hall–Kier alpha value is -2.28. The number of hydrogen-bond acceptors (Lipinski definition) is 6. The van der Waals surface area contributed by atoms with Gasteiger partial charge in [-0.1, -0.05) is 41.4 Å². The molecule has 0 fully saturated rings. The number of nitrogens with one attached hydrogen (secondary N) is 1. The monoisotopic (exact) mass is 392 g/mol. The smallest absolute Gasteiger partial charge is 0.205 e. The van der Waals surface area contributed by atoms with Crippen molar-refractivity contribution in [3.8, 4) is 5.75 Å². The van der Waals surface area contributed by atoms with Crippen LogP contribution in [0.5, 0.6) is 5.75 Å². The molecule has 0 spiro atoms. The van der Waals surface area contributed by atoms with Gasteiger partial charge in [0, 0.05) is 26.6 Å². The first kappa shape index (κ1) is 17.5. The van der Waals surface area contributed by atoms with Gasteiger partial charge < -0.3 is 10.5 Å². The maximum atomic E-state index is 6.17. The van der Waals surface area contributed by atoms with E-state index in [0.29, 0.717) is 33.4 Å². The zero-order valence-electron chi connectivity index (χ0n) is 12.9. The number of hydrazone groups is 1. The van der Waals surface area contributed by atoms with Gasteiger partial charge in [0.1, 0.15) is 18.2 Å². The van der Waals surface area contributed by atoms with E-state index in [0.717, 1.165) is 11.1 Å². The van der Waals surface area contributed by atoms with Crippen molar-refractivity contribution in [2.24, 2.45) is 5.10 Å². The summed E-state index contributed by atoms with van der Waals surface area (Å²) < 4.78 is 5.87. The van der Waals surface area contributed by atoms with Crippen LogP contribution in [0, 0.1) is 0 Å². The molecular weight excluding hydrogens is 379 g/mol. The Balaban J connectivity index is 1.68. The Morgan fingerprint density at radius 3 is 2.84 bits per heavy atom. The summed E-state index contributed by atoms with van der Waals surface area (Å²) in [7, 11) is 0. The number of aromatic nitrogens is 1. The molecule has 128 valence electrons. The molecule has 5 nitrogen and oxygen atoms in total. The van der Waals surface area contributed by atoms with Crippen LogP contribution in [0.2, 0.25) is 10.0 Å². The fraction of sp³-hybridized carbons (Fsp3) is 0.0588. The summed E-state index contributed by atoms with van der Waals surface area (Å²) in [6.07, 6.45) is 1.66. The molecule has 3 rings (SSSR count). The van der Waals surface area contributed by atoms with Gasteiger partial charge in [0.15, 0.2) is 0 Å². The number of ether oxygens (including phenoxy) is 1. The third kappa shape index (κ3) is 4.85. The molecular formula is C17H14Cl2N4OS. The van der Waals surface area contributed by atoms with E-state index in [-0.39, 0.29) is 0 Å². The van der Waals surface area contributed by atoms with Crippen LogP contribution in [-0.4, -0.2) is 11.2 Å². The standard InChI is InChI=1S/C17H14Cl2N4OS/c18-13-6-5-12(14(19)7-13)9-24-15-4-2-1-3-11(15)8-21-23-17-22-16(20)10-25-17/h1-8,10H,9,20H2,(H,22,23). The number of anilines is 2. The third-order valence-corrected chi connectivity index (χ3v) is 4.56. The zero-order chi connectivity index (χ0) is 17.6. The molecule has 0 unspecified atom stereocenters. The lowest BCUT2D eigenvalue weighted by atomic mass is 10.2. The first-order chi connectivity index (χ1) is 12.1. The molecule has 0 amide bonds. The highest BCUT2D eigenvalue weighted by Gasteiger charge is 2.05. The summed E-state index contributed by atoms with van der Waals surface area (Å²) >= 11 is 13.5. The van der Waals surface area contributed by atoms with E-state index >= 15 is 0 Å². The van der Waals surface area contributed by atoms with Gasteiger partial charge in [-0.15, -0.1) is 11.3 Å². The minimum Gasteiger partial charge on any atom is -0.488 e. The number of halogens is 2. The average Bonchev–Trinajstić information content (AvgIpc) is 3.00. The molecule has 0 saturated carbocycles. The molecule has 8 heteroatoms. The zero-order valence-corrected chi connectivity index (χ0v) is 15.3. The number of hydrogen-bond donors (Lipinski definition) is 2. The van der Waals surface area contributed by atoms with Crippen molar-refractivity contribution < 1.29 is 4.74 Å². The second kappa shape index (κ2) is 8.20. The van der Waals surface area contributed by atoms with Gasteiger partial charge in [0.25, 0.3) is 0 Å². The molecule has 1 heterocycles. The van der Waals surface area contributed by atoms with Gasteiger partial charge in [-0.3, -0.25) is 5.43 Å². The maximum absolute atomic E-state index is 6.17. The van der Waals surface area contributed by atoms with E-state index in [1.807, 2.05) is 30.3 Å². The Labute approximate surface area is 159 Å². The summed E-state index contributed by atoms with van der Waals surface area (Å²) in [5.74, 6) is 1.16. The van der Waals surface area contributed by atoms with Crippen LogP contribution in [0.4, 0.5) is 10.9 Å². The van der Waals surface area contributed by atoms with Crippen molar-refractivity contribution in [3.05, 3.63) is 69.0 Å². The summed E-state index contributed by atoms with van der Waals surface area (Å²) in [5, 5.41) is 7.69. The minimum atomic E-state index is 0.331. The second-order valence-electron chi connectivity index (χ2n) is 5.01. The Morgan fingerprint density at radius 1 is 1.24 bits per heavy atom. The molecule has 0 aliphatic rings. The van der Waals surface area contributed by atoms with Crippen LogP contribution in [0.3, 0.4) is 0 Å². The van der Waals surface area contributed by atoms with Gasteiger partial charge in [-0.05, 0) is 24.3 Å². The predicted molar refractivity (Wildman–Crippen MR) is 105 cm³/mol. The SMILES string of the molecule is Nc1csc(NN=Cc2ccccc2OCc2ccc(Cl)cc2Cl)n1. The molecule has 25 heavy (non-hydrogen) atoms. The lowest BCUT2D eigenvalue weighted by Crippen LogP contribution is -1.99. The van der Waals surface area contributed by atoms with Gasteiger partial charge in [-0.2, -0.15) is 5.10 Å². The quantitative estimate of drug-likeness (QED) is 0.454. The highest BCUT2D eigenvalue weighted by molar-refractivity contribution is 7.14. The number of nitrogens with zero attached hydrogens (tertiary/aromatic N) is 2. The molecule has 2 aromatic carbocycles. The van der Waals surface area contributed by atoms with Crippen LogP contribution < -0.4 is 15.9 Å². The van der Waals surface area contributed by atoms with Gasteiger partial charge in [0.05, 0.1) is 6.21 Å². The first-order valence-corrected chi connectivity index (χ1v) is 8.91. The summed E-state index contributed by atoms with van der Waals surface area (Å²) in [6.45, 7) is 0.331. The average molecular weight is 393 g/mol. The molecule has 0 aliphatic carbocycles. The topological polar surface area (TPSA) is 72.5 Å². The number of nitrogens with two attached hydrogens (primary N) is 1. The summed E-state index contributed by atoms with van der Waals surface area (Å²) in [5.41, 5.74) is 10.1. The number of nitrogen functional groups attached to an aromatic ring is 1. The molecule has 1 aromatic heterocycles. The molecule has 0 radical (unpaired) electrons. The summed E-state index contributed by atoms with van der Waals surface area (Å²) in [6, 6.07) is 12.9. The van der Waals surface area contributed by atoms with E-state index < -0.39 is 0 Å². The van der Waals surface area contributed by atoms with Crippen molar-refractivity contribution in [2.75, 3.05) is 11.2 Å². The normalized spacial score (nSPS) is 11.0.